The van der Waals surface area contributed by atoms with Crippen LogP contribution >= 0.6 is 0 Å². The van der Waals surface area contributed by atoms with Crippen LogP contribution in [0.25, 0.3) is 72.5 Å². The fraction of sp³-hybridized carbons (Fsp3) is 0. The zero-order valence-corrected chi connectivity index (χ0v) is 37.7. The van der Waals surface area contributed by atoms with Crippen molar-refractivity contribution in [3.05, 3.63) is 273 Å². The Hall–Kier alpha value is -9.32. The van der Waals surface area contributed by atoms with Crippen molar-refractivity contribution in [2.75, 3.05) is 9.80 Å². The highest BCUT2D eigenvalue weighted by molar-refractivity contribution is 6.13. The highest BCUT2D eigenvalue weighted by atomic mass is 15.2. The van der Waals surface area contributed by atoms with Crippen LogP contribution in [0.4, 0.5) is 34.1 Å². The lowest BCUT2D eigenvalue weighted by Gasteiger charge is -2.28. The number of hydrogen-bond acceptors (Lipinski definition) is 4. The fourth-order valence-electron chi connectivity index (χ4n) is 9.54. The Bertz CT molecular complexity index is 3570. The average molecular weight is 884 g/mol. The van der Waals surface area contributed by atoms with E-state index in [-0.39, 0.29) is 0 Å². The number of fused-ring (bicyclic) bond motifs is 3. The monoisotopic (exact) mass is 883 g/mol. The maximum atomic E-state index is 5.11. The van der Waals surface area contributed by atoms with Crippen molar-refractivity contribution < 1.29 is 0 Å². The first-order valence-corrected chi connectivity index (χ1v) is 23.3. The highest BCUT2D eigenvalue weighted by Crippen LogP contribution is 2.42. The van der Waals surface area contributed by atoms with Crippen molar-refractivity contribution in [2.45, 2.75) is 0 Å². The van der Waals surface area contributed by atoms with Crippen LogP contribution in [0.3, 0.4) is 0 Å². The van der Waals surface area contributed by atoms with E-state index >= 15 is 0 Å². The normalized spacial score (nSPS) is 11.2. The molecular weight excluding hydrogens is 839 g/mol. The van der Waals surface area contributed by atoms with E-state index in [9.17, 15) is 0 Å². The minimum absolute atomic E-state index is 0.687. The van der Waals surface area contributed by atoms with Crippen LogP contribution in [-0.4, -0.2) is 14.5 Å². The predicted molar refractivity (Wildman–Crippen MR) is 287 cm³/mol. The molecule has 0 spiro atoms. The molecule has 0 aliphatic carbocycles. The molecule has 10 aromatic carbocycles. The lowest BCUT2D eigenvalue weighted by Crippen LogP contribution is -2.12. The first-order chi connectivity index (χ1) is 34.2. The third-order valence-electron chi connectivity index (χ3n) is 12.8. The van der Waals surface area contributed by atoms with Gasteiger partial charge in [0.1, 0.15) is 0 Å². The Morgan fingerprint density at radius 2 is 0.681 bits per heavy atom. The van der Waals surface area contributed by atoms with E-state index in [0.29, 0.717) is 5.82 Å². The number of para-hydroxylation sites is 5. The van der Waals surface area contributed by atoms with Gasteiger partial charge in [-0.15, -0.1) is 0 Å². The minimum atomic E-state index is 0.687. The lowest BCUT2D eigenvalue weighted by molar-refractivity contribution is 1.16. The van der Waals surface area contributed by atoms with E-state index in [0.717, 1.165) is 90.1 Å². The van der Waals surface area contributed by atoms with Crippen LogP contribution in [-0.2, 0) is 0 Å². The van der Waals surface area contributed by atoms with E-state index in [1.165, 1.54) is 10.8 Å². The molecule has 0 unspecified atom stereocenters. The molecule has 2 heterocycles. The van der Waals surface area contributed by atoms with E-state index in [4.69, 9.17) is 9.97 Å². The molecular formula is C64H45N5. The molecule has 0 N–H and O–H groups in total. The Kier molecular flexibility index (Phi) is 10.8. The zero-order valence-electron chi connectivity index (χ0n) is 37.7. The zero-order chi connectivity index (χ0) is 45.9. The molecule has 0 radical (unpaired) electrons. The molecule has 326 valence electrons. The van der Waals surface area contributed by atoms with Gasteiger partial charge in [0.15, 0.2) is 5.82 Å². The van der Waals surface area contributed by atoms with Crippen molar-refractivity contribution in [3.63, 3.8) is 0 Å². The molecule has 5 heteroatoms. The third-order valence-corrected chi connectivity index (χ3v) is 12.8. The van der Waals surface area contributed by atoms with E-state index in [1.807, 2.05) is 12.1 Å². The summed E-state index contributed by atoms with van der Waals surface area (Å²) >= 11 is 0. The van der Waals surface area contributed by atoms with Gasteiger partial charge in [-0.25, -0.2) is 9.97 Å². The summed E-state index contributed by atoms with van der Waals surface area (Å²) < 4.78 is 2.40. The molecule has 0 aliphatic heterocycles. The largest absolute Gasteiger partial charge is 0.311 e. The maximum Gasteiger partial charge on any atom is 0.160 e. The van der Waals surface area contributed by atoms with Gasteiger partial charge in [0.05, 0.1) is 22.4 Å². The number of hydrogen-bond donors (Lipinski definition) is 0. The summed E-state index contributed by atoms with van der Waals surface area (Å²) in [5.41, 5.74) is 17.0. The summed E-state index contributed by atoms with van der Waals surface area (Å²) in [6.07, 6.45) is 0. The van der Waals surface area contributed by atoms with E-state index in [1.54, 1.807) is 0 Å². The van der Waals surface area contributed by atoms with Crippen molar-refractivity contribution in [3.8, 4) is 50.7 Å². The Morgan fingerprint density at radius 1 is 0.290 bits per heavy atom. The summed E-state index contributed by atoms with van der Waals surface area (Å²) in [7, 11) is 0. The van der Waals surface area contributed by atoms with Crippen molar-refractivity contribution in [1.82, 2.24) is 14.5 Å². The van der Waals surface area contributed by atoms with Crippen LogP contribution in [0, 0.1) is 0 Å². The van der Waals surface area contributed by atoms with E-state index in [2.05, 4.69) is 275 Å². The van der Waals surface area contributed by atoms with Crippen LogP contribution in [0.1, 0.15) is 0 Å². The molecule has 0 atom stereocenters. The van der Waals surface area contributed by atoms with Crippen molar-refractivity contribution in [2.24, 2.45) is 0 Å². The molecule has 0 aliphatic rings. The molecule has 0 bridgehead atoms. The Labute approximate surface area is 402 Å². The standard InChI is InChI=1S/C64H45N5/c1-6-19-47(20-7-1)60-45-61(48-21-8-2-9-22-48)66-64(65-60)49-35-39-56(40-36-49)69-62-32-17-16-29-58(62)59-31-18-30-57(63(59)69)46-33-37-53(38-34-46)68(52-27-14-5-15-28-52)55-43-41-54(42-44-55)67(50-23-10-3-11-24-50)51-25-12-4-13-26-51/h1-45H. The number of rotatable bonds is 11. The summed E-state index contributed by atoms with van der Waals surface area (Å²) in [5, 5.41) is 2.41. The first-order valence-electron chi connectivity index (χ1n) is 23.3. The third kappa shape index (κ3) is 7.98. The molecule has 2 aromatic heterocycles. The summed E-state index contributed by atoms with van der Waals surface area (Å²) in [6.45, 7) is 0. The lowest BCUT2D eigenvalue weighted by atomic mass is 10.0. The second-order valence-corrected chi connectivity index (χ2v) is 17.0. The first kappa shape index (κ1) is 41.1. The summed E-state index contributed by atoms with van der Waals surface area (Å²) in [4.78, 5) is 14.8. The quantitative estimate of drug-likeness (QED) is 0.130. The molecule has 0 saturated carbocycles. The van der Waals surface area contributed by atoms with Gasteiger partial charge < -0.3 is 14.4 Å². The fourth-order valence-corrected chi connectivity index (χ4v) is 9.54. The van der Waals surface area contributed by atoms with Crippen LogP contribution in [0.15, 0.2) is 273 Å². The summed E-state index contributed by atoms with van der Waals surface area (Å²) in [6, 6.07) is 96.3. The van der Waals surface area contributed by atoms with Gasteiger partial charge in [-0.3, -0.25) is 0 Å². The average Bonchev–Trinajstić information content (AvgIpc) is 3.78. The Balaban J connectivity index is 0.919. The van der Waals surface area contributed by atoms with Crippen LogP contribution < -0.4 is 9.80 Å². The van der Waals surface area contributed by atoms with Gasteiger partial charge in [0.2, 0.25) is 0 Å². The van der Waals surface area contributed by atoms with Gasteiger partial charge in [-0.05, 0) is 115 Å². The smallest absolute Gasteiger partial charge is 0.160 e. The number of nitrogens with zero attached hydrogens (tertiary/aromatic N) is 5. The molecule has 12 rings (SSSR count). The van der Waals surface area contributed by atoms with Gasteiger partial charge >= 0.3 is 0 Å². The highest BCUT2D eigenvalue weighted by Gasteiger charge is 2.20. The van der Waals surface area contributed by atoms with Crippen LogP contribution in [0.5, 0.6) is 0 Å². The second kappa shape index (κ2) is 18.2. The van der Waals surface area contributed by atoms with Gasteiger partial charge in [0, 0.05) is 72.8 Å². The SMILES string of the molecule is c1ccc(-c2cc(-c3ccccc3)nc(-c3ccc(-n4c5ccccc5c5cccc(-c6ccc(N(c7ccccc7)c7ccc(N(c8ccccc8)c8ccccc8)cc7)cc6)c54)cc3)n2)cc1. The molecule has 5 nitrogen and oxygen atoms in total. The topological polar surface area (TPSA) is 37.2 Å². The second-order valence-electron chi connectivity index (χ2n) is 17.0. The van der Waals surface area contributed by atoms with Gasteiger partial charge in [-0.2, -0.15) is 0 Å². The van der Waals surface area contributed by atoms with E-state index < -0.39 is 0 Å². The molecule has 0 saturated heterocycles. The number of anilines is 6. The Morgan fingerprint density at radius 3 is 1.17 bits per heavy atom. The number of benzene rings is 10. The van der Waals surface area contributed by atoms with Crippen LogP contribution in [0.2, 0.25) is 0 Å². The van der Waals surface area contributed by atoms with Gasteiger partial charge in [0.25, 0.3) is 0 Å². The minimum Gasteiger partial charge on any atom is -0.311 e. The number of aromatic nitrogens is 3. The molecule has 12 aromatic rings. The molecule has 69 heavy (non-hydrogen) atoms. The summed E-state index contributed by atoms with van der Waals surface area (Å²) in [5.74, 6) is 0.687. The predicted octanol–water partition coefficient (Wildman–Crippen LogP) is 17.2. The maximum absolute atomic E-state index is 5.11. The molecule has 0 fully saturated rings. The molecule has 0 amide bonds. The van der Waals surface area contributed by atoms with Crippen molar-refractivity contribution in [1.29, 1.82) is 0 Å². The van der Waals surface area contributed by atoms with Crippen molar-refractivity contribution >= 4 is 55.9 Å². The van der Waals surface area contributed by atoms with Gasteiger partial charge in [-0.1, -0.05) is 164 Å².